The normalized spacial score (nSPS) is 12.0. The van der Waals surface area contributed by atoms with Crippen molar-refractivity contribution in [1.82, 2.24) is 0 Å². The van der Waals surface area contributed by atoms with Gasteiger partial charge in [-0.1, -0.05) is 34.6 Å². The maximum atomic E-state index is 5.44. The van der Waals surface area contributed by atoms with E-state index in [2.05, 4.69) is 33.9 Å². The monoisotopic (exact) mass is 176 g/mol. The van der Waals surface area contributed by atoms with Gasteiger partial charge < -0.3 is 4.43 Å². The van der Waals surface area contributed by atoms with Gasteiger partial charge in [-0.25, -0.2) is 0 Å². The smallest absolute Gasteiger partial charge is 0.191 e. The van der Waals surface area contributed by atoms with E-state index in [0.29, 0.717) is 5.04 Å². The van der Waals surface area contributed by atoms with Crippen molar-refractivity contribution in [3.63, 3.8) is 0 Å². The van der Waals surface area contributed by atoms with Crippen LogP contribution in [0.2, 0.25) is 18.1 Å². The van der Waals surface area contributed by atoms with Crippen LogP contribution in [-0.2, 0) is 4.43 Å². The van der Waals surface area contributed by atoms with E-state index in [-0.39, 0.29) is 0 Å². The van der Waals surface area contributed by atoms with Crippen LogP contribution in [0.3, 0.4) is 0 Å². The Morgan fingerprint density at radius 3 is 1.27 bits per heavy atom. The predicted octanol–water partition coefficient (Wildman–Crippen LogP) is 3.66. The Bertz CT molecular complexity index is 92.2. The molecule has 0 aromatic rings. The van der Waals surface area contributed by atoms with Crippen LogP contribution in [0, 0.1) is 0 Å². The van der Waals surface area contributed by atoms with Crippen LogP contribution in [-0.4, -0.2) is 15.4 Å². The fraction of sp³-hybridized carbons (Fsp3) is 1.00. The van der Waals surface area contributed by atoms with E-state index in [1.807, 2.05) is 21.0 Å². The Morgan fingerprint density at radius 1 is 1.00 bits per heavy atom. The van der Waals surface area contributed by atoms with E-state index in [9.17, 15) is 0 Å². The topological polar surface area (TPSA) is 9.23 Å². The molecule has 0 fully saturated rings. The summed E-state index contributed by atoms with van der Waals surface area (Å²) in [5.74, 6) is 0. The average Bonchev–Trinajstić information content (AvgIpc) is 1.90. The van der Waals surface area contributed by atoms with Gasteiger partial charge in [0, 0.05) is 7.11 Å². The van der Waals surface area contributed by atoms with E-state index in [1.165, 1.54) is 0 Å². The van der Waals surface area contributed by atoms with Gasteiger partial charge in [-0.3, -0.25) is 0 Å². The zero-order valence-corrected chi connectivity index (χ0v) is 10.4. The van der Waals surface area contributed by atoms with Gasteiger partial charge in [0.05, 0.1) is 0 Å². The Hall–Kier alpha value is 0.177. The van der Waals surface area contributed by atoms with Crippen molar-refractivity contribution in [2.45, 2.75) is 52.8 Å². The second kappa shape index (κ2) is 4.94. The first kappa shape index (κ1) is 13.7. The van der Waals surface area contributed by atoms with Crippen LogP contribution in [0.4, 0.5) is 0 Å². The van der Waals surface area contributed by atoms with E-state index >= 15 is 0 Å². The lowest BCUT2D eigenvalue weighted by molar-refractivity contribution is 0.373. The quantitative estimate of drug-likeness (QED) is 0.554. The van der Waals surface area contributed by atoms with Gasteiger partial charge >= 0.3 is 0 Å². The van der Waals surface area contributed by atoms with Crippen LogP contribution in [0.25, 0.3) is 0 Å². The van der Waals surface area contributed by atoms with Crippen molar-refractivity contribution in [3.05, 3.63) is 0 Å². The molecule has 11 heavy (non-hydrogen) atoms. The largest absolute Gasteiger partial charge is 0.420 e. The highest BCUT2D eigenvalue weighted by molar-refractivity contribution is 6.74. The molecule has 70 valence electrons. The van der Waals surface area contributed by atoms with E-state index in [0.717, 1.165) is 0 Å². The summed E-state index contributed by atoms with van der Waals surface area (Å²) in [6.45, 7) is 15.2. The SMILES string of the molecule is CC.CO[Si](C)(C)C(C)(C)C. The molecule has 0 spiro atoms. The van der Waals surface area contributed by atoms with Crippen LogP contribution in [0.1, 0.15) is 34.6 Å². The van der Waals surface area contributed by atoms with Gasteiger partial charge in [0.2, 0.25) is 0 Å². The van der Waals surface area contributed by atoms with Gasteiger partial charge in [0.1, 0.15) is 0 Å². The van der Waals surface area contributed by atoms with E-state index in [1.54, 1.807) is 0 Å². The highest BCUT2D eigenvalue weighted by atomic mass is 28.4. The zero-order valence-electron chi connectivity index (χ0n) is 9.41. The summed E-state index contributed by atoms with van der Waals surface area (Å²) in [6.07, 6.45) is 0. The lowest BCUT2D eigenvalue weighted by Gasteiger charge is -2.34. The number of hydrogen-bond acceptors (Lipinski definition) is 1. The third-order valence-electron chi connectivity index (χ3n) is 2.32. The van der Waals surface area contributed by atoms with Crippen molar-refractivity contribution >= 4 is 8.32 Å². The van der Waals surface area contributed by atoms with Crippen LogP contribution in [0.15, 0.2) is 0 Å². The molecule has 2 heteroatoms. The van der Waals surface area contributed by atoms with Crippen molar-refractivity contribution in [1.29, 1.82) is 0 Å². The van der Waals surface area contributed by atoms with Crippen LogP contribution >= 0.6 is 0 Å². The molecule has 0 radical (unpaired) electrons. The first-order chi connectivity index (χ1) is 4.81. The van der Waals surface area contributed by atoms with Gasteiger partial charge in [-0.15, -0.1) is 0 Å². The summed E-state index contributed by atoms with van der Waals surface area (Å²) in [5, 5.41) is 0.363. The van der Waals surface area contributed by atoms with Crippen molar-refractivity contribution in [2.24, 2.45) is 0 Å². The Morgan fingerprint density at radius 2 is 1.27 bits per heavy atom. The molecule has 0 saturated heterocycles. The van der Waals surface area contributed by atoms with Crippen molar-refractivity contribution < 1.29 is 4.43 Å². The molecule has 0 rings (SSSR count). The molecule has 0 N–H and O–H groups in total. The molecule has 0 aromatic carbocycles. The summed E-state index contributed by atoms with van der Waals surface area (Å²) >= 11 is 0. The van der Waals surface area contributed by atoms with Gasteiger partial charge in [0.25, 0.3) is 0 Å². The third-order valence-corrected chi connectivity index (χ3v) is 6.95. The third kappa shape index (κ3) is 4.59. The minimum atomic E-state index is -1.38. The first-order valence-electron chi connectivity index (χ1n) is 4.36. The standard InChI is InChI=1S/C7H18OSi.C2H6/c1-7(2,3)9(5,6)8-4;1-2/h1-6H3;1-2H3. The molecular weight excluding hydrogens is 152 g/mol. The maximum Gasteiger partial charge on any atom is 0.191 e. The predicted molar refractivity (Wildman–Crippen MR) is 55.6 cm³/mol. The summed E-state index contributed by atoms with van der Waals surface area (Å²) in [6, 6.07) is 0. The number of hydrogen-bond donors (Lipinski definition) is 0. The van der Waals surface area contributed by atoms with Gasteiger partial charge in [0.15, 0.2) is 8.32 Å². The van der Waals surface area contributed by atoms with Gasteiger partial charge in [-0.05, 0) is 18.1 Å². The molecule has 0 bridgehead atoms. The zero-order chi connectivity index (χ0) is 9.71. The maximum absolute atomic E-state index is 5.44. The van der Waals surface area contributed by atoms with Crippen molar-refractivity contribution in [3.8, 4) is 0 Å². The lowest BCUT2D eigenvalue weighted by Crippen LogP contribution is -2.39. The fourth-order valence-corrected chi connectivity index (χ4v) is 0.919. The Labute approximate surface area is 73.3 Å². The highest BCUT2D eigenvalue weighted by Crippen LogP contribution is 2.35. The Balaban J connectivity index is 0. The Kier molecular flexibility index (Phi) is 6.17. The second-order valence-electron chi connectivity index (χ2n) is 3.96. The molecule has 0 aliphatic rings. The summed E-state index contributed by atoms with van der Waals surface area (Å²) in [4.78, 5) is 0. The van der Waals surface area contributed by atoms with E-state index in [4.69, 9.17) is 4.43 Å². The molecule has 0 saturated carbocycles. The van der Waals surface area contributed by atoms with Gasteiger partial charge in [-0.2, -0.15) is 0 Å². The molecule has 0 unspecified atom stereocenters. The number of rotatable bonds is 1. The van der Waals surface area contributed by atoms with E-state index < -0.39 is 8.32 Å². The second-order valence-corrected chi connectivity index (χ2v) is 8.89. The molecule has 0 aliphatic carbocycles. The minimum absolute atomic E-state index is 0.363. The summed E-state index contributed by atoms with van der Waals surface area (Å²) < 4.78 is 5.44. The molecule has 1 nitrogen and oxygen atoms in total. The molecule has 0 aromatic heterocycles. The minimum Gasteiger partial charge on any atom is -0.420 e. The molecule has 0 aliphatic heterocycles. The first-order valence-corrected chi connectivity index (χ1v) is 7.27. The fourth-order valence-electron chi connectivity index (χ4n) is 0.306. The lowest BCUT2D eigenvalue weighted by atomic mass is 10.2. The molecule has 0 amide bonds. The summed E-state index contributed by atoms with van der Waals surface area (Å²) in [5.41, 5.74) is 0. The highest BCUT2D eigenvalue weighted by Gasteiger charge is 2.35. The molecule has 0 atom stereocenters. The van der Waals surface area contributed by atoms with Crippen molar-refractivity contribution in [2.75, 3.05) is 7.11 Å². The van der Waals surface area contributed by atoms with Crippen LogP contribution < -0.4 is 0 Å². The molecule has 0 heterocycles. The van der Waals surface area contributed by atoms with Crippen LogP contribution in [0.5, 0.6) is 0 Å². The average molecular weight is 176 g/mol. The molecular formula is C9H24OSi. The summed E-state index contributed by atoms with van der Waals surface area (Å²) in [7, 11) is 0.438.